The number of likely N-dealkylation sites (tertiary alicyclic amines) is 1. The number of fused-ring (bicyclic) bond motifs is 1. The lowest BCUT2D eigenvalue weighted by Crippen LogP contribution is -2.38. The maximum absolute atomic E-state index is 6.26. The van der Waals surface area contributed by atoms with Crippen LogP contribution in [0.2, 0.25) is 0 Å². The number of anilines is 1. The maximum Gasteiger partial charge on any atom is 0.143 e. The third-order valence-electron chi connectivity index (χ3n) is 4.31. The van der Waals surface area contributed by atoms with E-state index in [-0.39, 0.29) is 0 Å². The highest BCUT2D eigenvalue weighted by molar-refractivity contribution is 5.63. The van der Waals surface area contributed by atoms with Gasteiger partial charge in [0.05, 0.1) is 5.69 Å². The molecule has 0 aromatic heterocycles. The van der Waals surface area contributed by atoms with Crippen LogP contribution in [0.4, 0.5) is 5.69 Å². The Morgan fingerprint density at radius 2 is 2.16 bits per heavy atom. The number of nitrogens with one attached hydrogen (secondary N) is 1. The Hall–Kier alpha value is -1.22. The predicted molar refractivity (Wildman–Crippen MR) is 79.0 cm³/mol. The first-order chi connectivity index (χ1) is 9.36. The summed E-state index contributed by atoms with van der Waals surface area (Å²) in [6.07, 6.45) is 5.09. The van der Waals surface area contributed by atoms with Gasteiger partial charge in [0.25, 0.3) is 0 Å². The number of benzene rings is 1. The Balaban J connectivity index is 1.67. The van der Waals surface area contributed by atoms with Gasteiger partial charge in [0, 0.05) is 19.6 Å². The fourth-order valence-corrected chi connectivity index (χ4v) is 3.10. The van der Waals surface area contributed by atoms with Gasteiger partial charge in [0.15, 0.2) is 0 Å². The number of aryl methyl sites for hydroxylation is 1. The van der Waals surface area contributed by atoms with Crippen molar-refractivity contribution >= 4 is 5.69 Å². The zero-order chi connectivity index (χ0) is 13.1. The van der Waals surface area contributed by atoms with Gasteiger partial charge in [-0.3, -0.25) is 0 Å². The number of nitrogens with zero attached hydrogens (tertiary/aromatic N) is 1. The van der Waals surface area contributed by atoms with Gasteiger partial charge >= 0.3 is 0 Å². The number of piperidine rings is 1. The number of rotatable bonds is 3. The van der Waals surface area contributed by atoms with E-state index >= 15 is 0 Å². The molecule has 0 radical (unpaired) electrons. The van der Waals surface area contributed by atoms with Crippen LogP contribution in [-0.2, 0) is 6.42 Å². The Morgan fingerprint density at radius 3 is 2.95 bits per heavy atom. The van der Waals surface area contributed by atoms with Crippen LogP contribution in [0, 0.1) is 0 Å². The van der Waals surface area contributed by atoms with Crippen molar-refractivity contribution in [2.24, 2.45) is 0 Å². The number of hydrogen-bond donors (Lipinski definition) is 1. The second-order valence-corrected chi connectivity index (χ2v) is 5.57. The molecular weight excluding hydrogens is 236 g/mol. The monoisotopic (exact) mass is 260 g/mol. The molecule has 3 rings (SSSR count). The summed E-state index contributed by atoms with van der Waals surface area (Å²) in [5, 5.41) is 3.51. The molecule has 104 valence electrons. The van der Waals surface area contributed by atoms with E-state index < -0.39 is 0 Å². The molecule has 2 heterocycles. The van der Waals surface area contributed by atoms with Gasteiger partial charge in [0.2, 0.25) is 0 Å². The summed E-state index contributed by atoms with van der Waals surface area (Å²) in [6.45, 7) is 6.81. The van der Waals surface area contributed by atoms with E-state index in [4.69, 9.17) is 4.74 Å². The van der Waals surface area contributed by atoms with Crippen molar-refractivity contribution < 1.29 is 4.74 Å². The molecule has 0 spiro atoms. The fraction of sp³-hybridized carbons (Fsp3) is 0.625. The number of para-hydroxylation sites is 1. The Bertz CT molecular complexity index is 425. The highest BCUT2D eigenvalue weighted by Gasteiger charge is 2.21. The topological polar surface area (TPSA) is 24.5 Å². The van der Waals surface area contributed by atoms with Crippen LogP contribution in [0.5, 0.6) is 5.75 Å². The quantitative estimate of drug-likeness (QED) is 0.904. The van der Waals surface area contributed by atoms with Gasteiger partial charge < -0.3 is 15.0 Å². The zero-order valence-electron chi connectivity index (χ0n) is 11.8. The Labute approximate surface area is 115 Å². The molecule has 0 amide bonds. The molecular formula is C16H24N2O. The van der Waals surface area contributed by atoms with E-state index in [2.05, 4.69) is 35.3 Å². The minimum atomic E-state index is 0.387. The van der Waals surface area contributed by atoms with Crippen molar-refractivity contribution in [3.8, 4) is 5.75 Å². The molecule has 1 aromatic rings. The molecule has 0 bridgehead atoms. The van der Waals surface area contributed by atoms with Crippen molar-refractivity contribution in [2.75, 3.05) is 31.5 Å². The average molecular weight is 260 g/mol. The number of ether oxygens (including phenoxy) is 1. The van der Waals surface area contributed by atoms with E-state index in [1.807, 2.05) is 0 Å². The van der Waals surface area contributed by atoms with Gasteiger partial charge in [-0.2, -0.15) is 0 Å². The Kier molecular flexibility index (Phi) is 3.92. The molecule has 3 heteroatoms. The second kappa shape index (κ2) is 5.83. The van der Waals surface area contributed by atoms with E-state index in [0.29, 0.717) is 6.10 Å². The van der Waals surface area contributed by atoms with Crippen LogP contribution >= 0.6 is 0 Å². The van der Waals surface area contributed by atoms with Gasteiger partial charge in [-0.1, -0.05) is 19.1 Å². The summed E-state index contributed by atoms with van der Waals surface area (Å²) in [7, 11) is 0. The van der Waals surface area contributed by atoms with E-state index in [1.165, 1.54) is 37.2 Å². The van der Waals surface area contributed by atoms with Crippen molar-refractivity contribution in [3.05, 3.63) is 23.8 Å². The standard InChI is InChI=1S/C16H24N2O/c1-2-18-11-8-14(9-12-18)19-15-7-3-5-13-6-4-10-17-16(13)15/h3,5,7,14,17H,2,4,6,8-12H2,1H3. The zero-order valence-corrected chi connectivity index (χ0v) is 11.8. The average Bonchev–Trinajstić information content (AvgIpc) is 2.48. The molecule has 2 aliphatic heterocycles. The molecule has 0 saturated carbocycles. The molecule has 19 heavy (non-hydrogen) atoms. The van der Waals surface area contributed by atoms with Crippen LogP contribution in [0.15, 0.2) is 18.2 Å². The van der Waals surface area contributed by atoms with Crippen LogP contribution in [0.1, 0.15) is 31.7 Å². The minimum Gasteiger partial charge on any atom is -0.488 e. The fourth-order valence-electron chi connectivity index (χ4n) is 3.10. The summed E-state index contributed by atoms with van der Waals surface area (Å²) < 4.78 is 6.26. The molecule has 0 atom stereocenters. The summed E-state index contributed by atoms with van der Waals surface area (Å²) >= 11 is 0. The van der Waals surface area contributed by atoms with E-state index in [9.17, 15) is 0 Å². The molecule has 0 unspecified atom stereocenters. The molecule has 1 N–H and O–H groups in total. The largest absolute Gasteiger partial charge is 0.488 e. The summed E-state index contributed by atoms with van der Waals surface area (Å²) in [6, 6.07) is 6.46. The maximum atomic E-state index is 6.26. The summed E-state index contributed by atoms with van der Waals surface area (Å²) in [5.74, 6) is 1.06. The second-order valence-electron chi connectivity index (χ2n) is 5.57. The van der Waals surface area contributed by atoms with E-state index in [0.717, 1.165) is 31.7 Å². The SMILES string of the molecule is CCN1CCC(Oc2cccc3c2NCCC3)CC1. The van der Waals surface area contributed by atoms with Crippen molar-refractivity contribution in [1.82, 2.24) is 4.90 Å². The lowest BCUT2D eigenvalue weighted by molar-refractivity contribution is 0.104. The normalized spacial score (nSPS) is 20.7. The van der Waals surface area contributed by atoms with Crippen LogP contribution < -0.4 is 10.1 Å². The van der Waals surface area contributed by atoms with Gasteiger partial charge in [-0.25, -0.2) is 0 Å². The molecule has 1 aromatic carbocycles. The van der Waals surface area contributed by atoms with Gasteiger partial charge in [-0.05, 0) is 43.9 Å². The first kappa shape index (κ1) is 12.8. The lowest BCUT2D eigenvalue weighted by Gasteiger charge is -2.32. The van der Waals surface area contributed by atoms with Crippen LogP contribution in [-0.4, -0.2) is 37.2 Å². The molecule has 3 nitrogen and oxygen atoms in total. The van der Waals surface area contributed by atoms with Gasteiger partial charge in [-0.15, -0.1) is 0 Å². The minimum absolute atomic E-state index is 0.387. The number of hydrogen-bond acceptors (Lipinski definition) is 3. The predicted octanol–water partition coefficient (Wildman–Crippen LogP) is 2.91. The molecule has 1 fully saturated rings. The van der Waals surface area contributed by atoms with Crippen molar-refractivity contribution in [3.63, 3.8) is 0 Å². The van der Waals surface area contributed by atoms with Crippen LogP contribution in [0.3, 0.4) is 0 Å². The molecule has 0 aliphatic carbocycles. The van der Waals surface area contributed by atoms with Crippen molar-refractivity contribution in [1.29, 1.82) is 0 Å². The summed E-state index contributed by atoms with van der Waals surface area (Å²) in [5.41, 5.74) is 2.65. The first-order valence-corrected chi connectivity index (χ1v) is 7.61. The summed E-state index contributed by atoms with van der Waals surface area (Å²) in [4.78, 5) is 2.50. The van der Waals surface area contributed by atoms with Crippen LogP contribution in [0.25, 0.3) is 0 Å². The smallest absolute Gasteiger partial charge is 0.143 e. The highest BCUT2D eigenvalue weighted by atomic mass is 16.5. The highest BCUT2D eigenvalue weighted by Crippen LogP contribution is 2.33. The first-order valence-electron chi connectivity index (χ1n) is 7.61. The lowest BCUT2D eigenvalue weighted by atomic mass is 10.0. The third kappa shape index (κ3) is 2.86. The molecule has 1 saturated heterocycles. The van der Waals surface area contributed by atoms with Gasteiger partial charge in [0.1, 0.15) is 11.9 Å². The van der Waals surface area contributed by atoms with Crippen molar-refractivity contribution in [2.45, 2.75) is 38.7 Å². The van der Waals surface area contributed by atoms with E-state index in [1.54, 1.807) is 0 Å². The molecule has 2 aliphatic rings. The third-order valence-corrected chi connectivity index (χ3v) is 4.31. The Morgan fingerprint density at radius 1 is 1.32 bits per heavy atom.